The minimum atomic E-state index is -4.43. The number of pyridine rings is 1. The number of hydrogen-bond acceptors (Lipinski definition) is 1. The summed E-state index contributed by atoms with van der Waals surface area (Å²) in [5, 5.41) is 0. The van der Waals surface area contributed by atoms with Crippen LogP contribution in [0.15, 0.2) is 55.1 Å². The van der Waals surface area contributed by atoms with Crippen molar-refractivity contribution in [2.75, 3.05) is 0 Å². The normalized spacial score (nSPS) is 11.6. The maximum absolute atomic E-state index is 13.5. The van der Waals surface area contributed by atoms with Gasteiger partial charge in [0.2, 0.25) is 5.69 Å². The highest BCUT2D eigenvalue weighted by Crippen LogP contribution is 2.32. The van der Waals surface area contributed by atoms with E-state index in [4.69, 9.17) is 0 Å². The molecule has 0 aliphatic rings. The number of rotatable bonds is 2. The molecule has 0 N–H and O–H groups in total. The maximum Gasteiger partial charge on any atom is 0.416 e. The third kappa shape index (κ3) is 3.24. The molecule has 0 bridgehead atoms. The summed E-state index contributed by atoms with van der Waals surface area (Å²) < 4.78 is 43.9. The zero-order valence-corrected chi connectivity index (χ0v) is 14.2. The van der Waals surface area contributed by atoms with E-state index in [1.165, 1.54) is 18.5 Å². The van der Waals surface area contributed by atoms with Crippen LogP contribution < -0.4 is 9.13 Å². The van der Waals surface area contributed by atoms with Gasteiger partial charge in [0.05, 0.1) is 11.1 Å². The van der Waals surface area contributed by atoms with Crippen molar-refractivity contribution in [3.63, 3.8) is 0 Å². The molecule has 0 saturated carbocycles. The summed E-state index contributed by atoms with van der Waals surface area (Å²) in [6.45, 7) is 5.52. The molecule has 25 heavy (non-hydrogen) atoms. The second kappa shape index (κ2) is 6.27. The van der Waals surface area contributed by atoms with Crippen LogP contribution in [0.4, 0.5) is 13.2 Å². The van der Waals surface area contributed by atoms with Crippen LogP contribution in [0.25, 0.3) is 11.4 Å². The highest BCUT2D eigenvalue weighted by atomic mass is 19.4. The first-order valence-corrected chi connectivity index (χ1v) is 7.81. The second-order valence-electron chi connectivity index (χ2n) is 5.94. The molecular weight excluding hydrogens is 327 g/mol. The number of benzene rings is 1. The lowest BCUT2D eigenvalue weighted by atomic mass is 10.1. The lowest BCUT2D eigenvalue weighted by Gasteiger charge is -2.13. The third-order valence-corrected chi connectivity index (χ3v) is 4.23. The van der Waals surface area contributed by atoms with E-state index in [1.54, 1.807) is 33.7 Å². The van der Waals surface area contributed by atoms with Crippen LogP contribution in [0.3, 0.4) is 0 Å². The molecule has 2 aromatic heterocycles. The van der Waals surface area contributed by atoms with Crippen molar-refractivity contribution in [2.45, 2.75) is 26.9 Å². The number of aromatic nitrogens is 3. The van der Waals surface area contributed by atoms with E-state index in [0.717, 1.165) is 17.0 Å². The monoisotopic (exact) mass is 345 g/mol. The molecule has 0 radical (unpaired) electrons. The fourth-order valence-electron chi connectivity index (χ4n) is 2.83. The molecule has 0 spiro atoms. The van der Waals surface area contributed by atoms with Crippen molar-refractivity contribution in [3.8, 4) is 11.4 Å². The molecule has 2 heterocycles. The Morgan fingerprint density at radius 1 is 0.880 bits per heavy atom. The zero-order chi connectivity index (χ0) is 18.2. The fraction of sp³-hybridized carbons (Fsp3) is 0.211. The first kappa shape index (κ1) is 17.1. The number of alkyl halides is 3. The van der Waals surface area contributed by atoms with E-state index < -0.39 is 11.7 Å². The highest BCUT2D eigenvalue weighted by molar-refractivity contribution is 5.48. The summed E-state index contributed by atoms with van der Waals surface area (Å²) in [5.41, 5.74) is 2.68. The molecule has 0 unspecified atom stereocenters. The average Bonchev–Trinajstić information content (AvgIpc) is 2.55. The minimum Gasteiger partial charge on any atom is -0.200 e. The van der Waals surface area contributed by atoms with Crippen LogP contribution in [0, 0.1) is 20.8 Å². The van der Waals surface area contributed by atoms with E-state index >= 15 is 0 Å². The van der Waals surface area contributed by atoms with Crippen molar-refractivity contribution < 1.29 is 22.3 Å². The van der Waals surface area contributed by atoms with Gasteiger partial charge >= 0.3 is 6.18 Å². The Morgan fingerprint density at radius 3 is 2.12 bits per heavy atom. The standard InChI is InChI=1S/C19H18F3N3/c1-13-6-4-5-9-24(13)17-10-16(19(20,21)22)11-18(15(17)3)25-12-23-8-7-14(25)2/h4-12H,1-3H3/q+2. The molecule has 3 nitrogen and oxygen atoms in total. The van der Waals surface area contributed by atoms with Gasteiger partial charge in [0.1, 0.15) is 17.6 Å². The van der Waals surface area contributed by atoms with E-state index in [1.807, 2.05) is 32.9 Å². The van der Waals surface area contributed by atoms with Crippen LogP contribution in [0.2, 0.25) is 0 Å². The van der Waals surface area contributed by atoms with Crippen molar-refractivity contribution >= 4 is 0 Å². The van der Waals surface area contributed by atoms with Gasteiger partial charge in [-0.3, -0.25) is 0 Å². The Labute approximate surface area is 144 Å². The van der Waals surface area contributed by atoms with Crippen LogP contribution >= 0.6 is 0 Å². The summed E-state index contributed by atoms with van der Waals surface area (Å²) in [6.07, 6.45) is 0.482. The van der Waals surface area contributed by atoms with Crippen LogP contribution in [0.5, 0.6) is 0 Å². The van der Waals surface area contributed by atoms with Gasteiger partial charge in [-0.25, -0.2) is 0 Å². The van der Waals surface area contributed by atoms with Gasteiger partial charge in [0.15, 0.2) is 11.9 Å². The van der Waals surface area contributed by atoms with Gasteiger partial charge in [-0.15, -0.1) is 0 Å². The number of halogens is 3. The smallest absolute Gasteiger partial charge is 0.200 e. The minimum absolute atomic E-state index is 0.464. The molecular formula is C19H18F3N3+2. The molecule has 0 aliphatic carbocycles. The Balaban J connectivity index is 2.35. The molecule has 0 amide bonds. The Bertz CT molecular complexity index is 867. The lowest BCUT2D eigenvalue weighted by molar-refractivity contribution is -0.613. The summed E-state index contributed by atoms with van der Waals surface area (Å²) in [6, 6.07) is 9.65. The van der Waals surface area contributed by atoms with Gasteiger partial charge in [-0.2, -0.15) is 22.3 Å². The van der Waals surface area contributed by atoms with Gasteiger partial charge in [0, 0.05) is 31.2 Å². The molecule has 0 fully saturated rings. The van der Waals surface area contributed by atoms with E-state index in [2.05, 4.69) is 4.98 Å². The Kier molecular flexibility index (Phi) is 4.29. The van der Waals surface area contributed by atoms with E-state index in [9.17, 15) is 13.2 Å². The maximum atomic E-state index is 13.5. The first-order valence-electron chi connectivity index (χ1n) is 7.81. The predicted octanol–water partition coefficient (Wildman–Crippen LogP) is 3.58. The van der Waals surface area contributed by atoms with Crippen molar-refractivity contribution in [1.82, 2.24) is 4.98 Å². The van der Waals surface area contributed by atoms with Gasteiger partial charge in [-0.05, 0) is 19.9 Å². The quantitative estimate of drug-likeness (QED) is 0.650. The first-order chi connectivity index (χ1) is 11.8. The molecule has 0 atom stereocenters. The molecule has 3 rings (SSSR count). The average molecular weight is 345 g/mol. The van der Waals surface area contributed by atoms with Crippen molar-refractivity contribution in [3.05, 3.63) is 77.6 Å². The molecule has 0 saturated heterocycles. The summed E-state index contributed by atoms with van der Waals surface area (Å²) in [5.74, 6) is 0. The van der Waals surface area contributed by atoms with E-state index in [0.29, 0.717) is 11.4 Å². The number of hydrogen-bond donors (Lipinski definition) is 0. The fourth-order valence-corrected chi connectivity index (χ4v) is 2.83. The number of aryl methyl sites for hydroxylation is 2. The SMILES string of the molecule is Cc1c(-[n+]2ccccc2C)cc(C(F)(F)F)cc1-[n+]1cnccc1C. The van der Waals surface area contributed by atoms with Crippen LogP contribution in [-0.4, -0.2) is 4.98 Å². The third-order valence-electron chi connectivity index (χ3n) is 4.23. The molecule has 128 valence electrons. The van der Waals surface area contributed by atoms with Crippen molar-refractivity contribution in [2.24, 2.45) is 0 Å². The van der Waals surface area contributed by atoms with E-state index in [-0.39, 0.29) is 0 Å². The van der Waals surface area contributed by atoms with Crippen LogP contribution in [0.1, 0.15) is 22.5 Å². The Morgan fingerprint density at radius 2 is 1.52 bits per heavy atom. The van der Waals surface area contributed by atoms with Crippen LogP contribution in [-0.2, 0) is 6.18 Å². The van der Waals surface area contributed by atoms with Gasteiger partial charge in [0.25, 0.3) is 6.33 Å². The lowest BCUT2D eigenvalue weighted by Crippen LogP contribution is -2.39. The number of nitrogens with zero attached hydrogens (tertiary/aromatic N) is 3. The topological polar surface area (TPSA) is 20.6 Å². The zero-order valence-electron chi connectivity index (χ0n) is 14.2. The molecule has 0 aliphatic heterocycles. The second-order valence-corrected chi connectivity index (χ2v) is 5.94. The van der Waals surface area contributed by atoms with Gasteiger partial charge in [-0.1, -0.05) is 11.1 Å². The molecule has 6 heteroatoms. The van der Waals surface area contributed by atoms with Gasteiger partial charge < -0.3 is 0 Å². The largest absolute Gasteiger partial charge is 0.416 e. The highest BCUT2D eigenvalue weighted by Gasteiger charge is 2.35. The summed E-state index contributed by atoms with van der Waals surface area (Å²) in [7, 11) is 0. The molecule has 1 aromatic carbocycles. The Hall–Kier alpha value is -2.76. The predicted molar refractivity (Wildman–Crippen MR) is 86.5 cm³/mol. The summed E-state index contributed by atoms with van der Waals surface area (Å²) >= 11 is 0. The summed E-state index contributed by atoms with van der Waals surface area (Å²) in [4.78, 5) is 4.05. The molecule has 3 aromatic rings. The van der Waals surface area contributed by atoms with Crippen molar-refractivity contribution in [1.29, 1.82) is 0 Å².